The smallest absolute Gasteiger partial charge is 0.363 e. The van der Waals surface area contributed by atoms with Crippen molar-refractivity contribution >= 4 is 27.7 Å². The van der Waals surface area contributed by atoms with Gasteiger partial charge in [0, 0.05) is 0 Å². The molecule has 0 saturated carbocycles. The Hall–Kier alpha value is -1.23. The van der Waals surface area contributed by atoms with Crippen molar-refractivity contribution in [3.63, 3.8) is 0 Å². The van der Waals surface area contributed by atoms with E-state index >= 15 is 0 Å². The van der Waals surface area contributed by atoms with E-state index in [0.29, 0.717) is 0 Å². The van der Waals surface area contributed by atoms with Crippen LogP contribution < -0.4 is 0 Å². The highest BCUT2D eigenvalue weighted by molar-refractivity contribution is 9.10. The van der Waals surface area contributed by atoms with Gasteiger partial charge in [-0.1, -0.05) is 30.3 Å². The van der Waals surface area contributed by atoms with Gasteiger partial charge in [-0.05, 0) is 28.4 Å². The fraction of sp³-hybridized carbons (Fsp3) is 0.273. The fourth-order valence-electron chi connectivity index (χ4n) is 0.957. The van der Waals surface area contributed by atoms with Crippen LogP contribution in [0.3, 0.4) is 0 Å². The van der Waals surface area contributed by atoms with Crippen molar-refractivity contribution in [1.82, 2.24) is 0 Å². The second kappa shape index (κ2) is 5.21. The Bertz CT molecular complexity index is 389. The van der Waals surface area contributed by atoms with Gasteiger partial charge in [0.25, 0.3) is 0 Å². The first kappa shape index (κ1) is 12.8. The number of benzene rings is 1. The van der Waals surface area contributed by atoms with Crippen LogP contribution in [0.5, 0.6) is 0 Å². The van der Waals surface area contributed by atoms with Gasteiger partial charge in [0.1, 0.15) is 6.61 Å². The lowest BCUT2D eigenvalue weighted by atomic mass is 10.2. The normalized spacial score (nSPS) is 13.9. The van der Waals surface area contributed by atoms with Crippen molar-refractivity contribution in [3.05, 3.63) is 35.9 Å². The summed E-state index contributed by atoms with van der Waals surface area (Å²) in [6.45, 7) is 0.906. The van der Waals surface area contributed by atoms with E-state index in [1.54, 1.807) is 24.3 Å². The van der Waals surface area contributed by atoms with Gasteiger partial charge >= 0.3 is 10.5 Å². The molecule has 0 spiro atoms. The molecule has 0 heterocycles. The number of rotatable bonds is 4. The molecule has 1 unspecified atom stereocenters. The molecular formula is C11H10BrFO3. The molecule has 1 atom stereocenters. The minimum Gasteiger partial charge on any atom is -0.457 e. The van der Waals surface area contributed by atoms with Crippen LogP contribution in [0.15, 0.2) is 30.3 Å². The van der Waals surface area contributed by atoms with Crippen molar-refractivity contribution < 1.29 is 18.7 Å². The Morgan fingerprint density at radius 1 is 1.38 bits per heavy atom. The van der Waals surface area contributed by atoms with Crippen molar-refractivity contribution in [2.24, 2.45) is 0 Å². The predicted molar refractivity (Wildman–Crippen MR) is 59.7 cm³/mol. The number of carbonyl (C=O) groups is 2. The molecule has 1 aromatic carbocycles. The van der Waals surface area contributed by atoms with Crippen LogP contribution in [0.25, 0.3) is 0 Å². The van der Waals surface area contributed by atoms with Gasteiger partial charge in [0.15, 0.2) is 5.78 Å². The maximum Gasteiger partial charge on any atom is 0.363 e. The molecule has 5 heteroatoms. The first-order valence-electron chi connectivity index (χ1n) is 4.54. The highest BCUT2D eigenvalue weighted by Gasteiger charge is 2.42. The largest absolute Gasteiger partial charge is 0.457 e. The molecule has 0 aromatic heterocycles. The Balaban J connectivity index is 2.57. The third kappa shape index (κ3) is 3.13. The Kier molecular flexibility index (Phi) is 4.18. The van der Waals surface area contributed by atoms with Crippen LogP contribution in [-0.4, -0.2) is 16.3 Å². The molecule has 0 N–H and O–H groups in total. The molecule has 0 aliphatic carbocycles. The van der Waals surface area contributed by atoms with E-state index in [1.165, 1.54) is 0 Å². The molecule has 0 aliphatic rings. The monoisotopic (exact) mass is 288 g/mol. The summed E-state index contributed by atoms with van der Waals surface area (Å²) in [5.41, 5.74) is 0.725. The molecule has 0 amide bonds. The molecule has 0 bridgehead atoms. The number of esters is 1. The van der Waals surface area contributed by atoms with Crippen molar-refractivity contribution in [2.45, 2.75) is 18.1 Å². The Labute approximate surface area is 101 Å². The summed E-state index contributed by atoms with van der Waals surface area (Å²) in [7, 11) is 0. The van der Waals surface area contributed by atoms with Crippen LogP contribution in [0.1, 0.15) is 12.5 Å². The zero-order valence-electron chi connectivity index (χ0n) is 8.57. The molecule has 1 rings (SSSR count). The molecule has 1 aromatic rings. The van der Waals surface area contributed by atoms with Gasteiger partial charge in [-0.15, -0.1) is 0 Å². The quantitative estimate of drug-likeness (QED) is 0.485. The van der Waals surface area contributed by atoms with E-state index in [-0.39, 0.29) is 6.61 Å². The van der Waals surface area contributed by atoms with E-state index < -0.39 is 16.3 Å². The van der Waals surface area contributed by atoms with Gasteiger partial charge < -0.3 is 4.74 Å². The standard InChI is InChI=1S/C11H10BrFO3/c1-8(14)11(12,13)10(15)16-7-9-5-3-2-4-6-9/h2-6H,7H2,1H3. The van der Waals surface area contributed by atoms with Gasteiger partial charge in [0.2, 0.25) is 0 Å². The summed E-state index contributed by atoms with van der Waals surface area (Å²) in [5.74, 6) is -2.17. The van der Waals surface area contributed by atoms with E-state index in [2.05, 4.69) is 20.7 Å². The average Bonchev–Trinajstić information content (AvgIpc) is 2.27. The molecule has 0 saturated heterocycles. The lowest BCUT2D eigenvalue weighted by Crippen LogP contribution is -2.35. The van der Waals surface area contributed by atoms with Gasteiger partial charge in [0.05, 0.1) is 0 Å². The van der Waals surface area contributed by atoms with Gasteiger partial charge in [-0.25, -0.2) is 9.18 Å². The summed E-state index contributed by atoms with van der Waals surface area (Å²) in [6, 6.07) is 8.81. The number of alkyl halides is 2. The Morgan fingerprint density at radius 3 is 2.44 bits per heavy atom. The summed E-state index contributed by atoms with van der Waals surface area (Å²) >= 11 is 2.39. The molecule has 86 valence electrons. The number of carbonyl (C=O) groups excluding carboxylic acids is 2. The topological polar surface area (TPSA) is 43.4 Å². The molecule has 3 nitrogen and oxygen atoms in total. The Morgan fingerprint density at radius 2 is 1.94 bits per heavy atom. The number of ether oxygens (including phenoxy) is 1. The second-order valence-corrected chi connectivity index (χ2v) is 4.29. The third-order valence-electron chi connectivity index (χ3n) is 1.91. The van der Waals surface area contributed by atoms with Crippen molar-refractivity contribution in [2.75, 3.05) is 0 Å². The van der Waals surface area contributed by atoms with E-state index in [1.807, 2.05) is 6.07 Å². The fourth-order valence-corrected chi connectivity index (χ4v) is 1.07. The average molecular weight is 289 g/mol. The van der Waals surface area contributed by atoms with Gasteiger partial charge in [-0.3, -0.25) is 4.79 Å². The highest BCUT2D eigenvalue weighted by Crippen LogP contribution is 2.23. The maximum absolute atomic E-state index is 13.4. The van der Waals surface area contributed by atoms with E-state index in [4.69, 9.17) is 0 Å². The molecule has 0 radical (unpaired) electrons. The van der Waals surface area contributed by atoms with Crippen LogP contribution in [-0.2, 0) is 20.9 Å². The molecule has 16 heavy (non-hydrogen) atoms. The van der Waals surface area contributed by atoms with Crippen LogP contribution in [0.2, 0.25) is 0 Å². The molecule has 0 fully saturated rings. The maximum atomic E-state index is 13.4. The van der Waals surface area contributed by atoms with Gasteiger partial charge in [-0.2, -0.15) is 0 Å². The minimum absolute atomic E-state index is 0.0653. The van der Waals surface area contributed by atoms with E-state index in [9.17, 15) is 14.0 Å². The van der Waals surface area contributed by atoms with Crippen LogP contribution >= 0.6 is 15.9 Å². The second-order valence-electron chi connectivity index (χ2n) is 3.19. The highest BCUT2D eigenvalue weighted by atomic mass is 79.9. The van der Waals surface area contributed by atoms with Crippen LogP contribution in [0, 0.1) is 0 Å². The van der Waals surface area contributed by atoms with Crippen molar-refractivity contribution in [3.8, 4) is 0 Å². The lowest BCUT2D eigenvalue weighted by Gasteiger charge is -2.13. The number of halogens is 2. The first-order chi connectivity index (χ1) is 7.44. The predicted octanol–water partition coefficient (Wildman–Crippen LogP) is 2.38. The summed E-state index contributed by atoms with van der Waals surface area (Å²) < 4.78 is 15.3. The SMILES string of the molecule is CC(=O)C(F)(Br)C(=O)OCc1ccccc1. The summed E-state index contributed by atoms with van der Waals surface area (Å²) in [6.07, 6.45) is 0. The van der Waals surface area contributed by atoms with Crippen molar-refractivity contribution in [1.29, 1.82) is 0 Å². The number of hydrogen-bond acceptors (Lipinski definition) is 3. The first-order valence-corrected chi connectivity index (χ1v) is 5.34. The molecule has 0 aliphatic heterocycles. The minimum atomic E-state index is -2.75. The van der Waals surface area contributed by atoms with E-state index in [0.717, 1.165) is 12.5 Å². The summed E-state index contributed by atoms with van der Waals surface area (Å²) in [5, 5.41) is 0. The third-order valence-corrected chi connectivity index (χ3v) is 2.79. The zero-order chi connectivity index (χ0) is 12.2. The zero-order valence-corrected chi connectivity index (χ0v) is 10.2. The van der Waals surface area contributed by atoms with Crippen LogP contribution in [0.4, 0.5) is 4.39 Å². The lowest BCUT2D eigenvalue weighted by molar-refractivity contribution is -0.155. The number of hydrogen-bond donors (Lipinski definition) is 0. The number of ketones is 1. The number of Topliss-reactive ketones (excluding diaryl/α,β-unsaturated/α-hetero) is 1. The summed E-state index contributed by atoms with van der Waals surface area (Å²) in [4.78, 5) is 22.0. The molecular weight excluding hydrogens is 279 g/mol.